The van der Waals surface area contributed by atoms with Crippen LogP contribution in [0.15, 0.2) is 42.5 Å². The Bertz CT molecular complexity index is 1360. The molecule has 1 amide bonds. The molecule has 0 heterocycles. The molecular weight excluding hydrogens is 645 g/mol. The third-order valence-corrected chi connectivity index (χ3v) is 5.82. The van der Waals surface area contributed by atoms with E-state index in [1.54, 1.807) is 0 Å². The number of hydrogen-bond donors (Lipinski definition) is 1. The van der Waals surface area contributed by atoms with Crippen LogP contribution in [-0.4, -0.2) is 37.0 Å². The van der Waals surface area contributed by atoms with E-state index in [4.69, 9.17) is 11.6 Å². The van der Waals surface area contributed by atoms with Crippen molar-refractivity contribution >= 4 is 29.1 Å². The second kappa shape index (κ2) is 13.0. The van der Waals surface area contributed by atoms with Crippen LogP contribution in [0.25, 0.3) is 5.83 Å². The van der Waals surface area contributed by atoms with Gasteiger partial charge in [-0.3, -0.25) is 9.59 Å². The topological polar surface area (TPSA) is 55.4 Å². The van der Waals surface area contributed by atoms with E-state index in [2.05, 4.69) is 4.74 Å². The number of amides is 1. The molecule has 0 saturated heterocycles. The zero-order valence-corrected chi connectivity index (χ0v) is 21.9. The number of rotatable bonds is 9. The largest absolute Gasteiger partial charge is 0.573 e. The van der Waals surface area contributed by atoms with Crippen molar-refractivity contribution in [3.05, 3.63) is 69.8 Å². The van der Waals surface area contributed by atoms with Gasteiger partial charge in [-0.25, -0.2) is 4.39 Å². The number of carbonyl (C=O) groups is 2. The molecule has 238 valence electrons. The van der Waals surface area contributed by atoms with Gasteiger partial charge in [0.15, 0.2) is 5.78 Å². The minimum absolute atomic E-state index is 0.0130. The highest BCUT2D eigenvalue weighted by Crippen LogP contribution is 2.42. The number of benzene rings is 2. The Hall–Kier alpha value is -3.50. The number of nitrogens with one attached hydrogen (secondary N) is 1. The first-order valence-corrected chi connectivity index (χ1v) is 11.9. The van der Waals surface area contributed by atoms with Gasteiger partial charge < -0.3 is 10.1 Å². The normalized spacial score (nSPS) is 14.7. The lowest BCUT2D eigenvalue weighted by Gasteiger charge is -2.20. The lowest BCUT2D eigenvalue weighted by molar-refractivity contribution is -0.274. The Kier molecular flexibility index (Phi) is 10.8. The van der Waals surface area contributed by atoms with Crippen molar-refractivity contribution in [3.63, 3.8) is 0 Å². The van der Waals surface area contributed by atoms with Gasteiger partial charge in [-0.15, -0.1) is 13.2 Å². The molecule has 18 heteroatoms. The summed E-state index contributed by atoms with van der Waals surface area (Å²) in [7, 11) is 0. The summed E-state index contributed by atoms with van der Waals surface area (Å²) in [5.74, 6) is -10.4. The number of Topliss-reactive ketones (excluding diaryl/α,β-unsaturated/α-hetero) is 1. The number of hydrogen-bond acceptors (Lipinski definition) is 3. The van der Waals surface area contributed by atoms with Gasteiger partial charge >= 0.3 is 24.9 Å². The van der Waals surface area contributed by atoms with Gasteiger partial charge in [0, 0.05) is 23.5 Å². The van der Waals surface area contributed by atoms with Gasteiger partial charge in [-0.1, -0.05) is 36.7 Å². The van der Waals surface area contributed by atoms with Crippen LogP contribution in [0.5, 0.6) is 5.75 Å². The Balaban J connectivity index is 2.47. The number of ether oxygens (including phenoxy) is 1. The summed E-state index contributed by atoms with van der Waals surface area (Å²) in [6.45, 7) is -0.822. The van der Waals surface area contributed by atoms with Crippen molar-refractivity contribution < 1.29 is 71.4 Å². The summed E-state index contributed by atoms with van der Waals surface area (Å²) in [4.78, 5) is 24.3. The van der Waals surface area contributed by atoms with Crippen molar-refractivity contribution in [3.8, 4) is 5.75 Å². The van der Waals surface area contributed by atoms with E-state index in [1.807, 2.05) is 0 Å². The molecule has 0 aliphatic carbocycles. The van der Waals surface area contributed by atoms with Gasteiger partial charge in [0.1, 0.15) is 24.0 Å². The maximum Gasteiger partial charge on any atom is 0.573 e. The van der Waals surface area contributed by atoms with Crippen LogP contribution in [0.1, 0.15) is 46.3 Å². The summed E-state index contributed by atoms with van der Waals surface area (Å²) in [6.07, 6.45) is -22.2. The van der Waals surface area contributed by atoms with Gasteiger partial charge in [-0.05, 0) is 29.8 Å². The molecule has 2 aromatic carbocycles. The molecule has 0 fully saturated rings. The van der Waals surface area contributed by atoms with Crippen molar-refractivity contribution in [2.45, 2.75) is 44.2 Å². The SMILES string of the molecule is C[C@@H](CC(=O)c1ccc(/C(F)=C/C(c2ccc(Cl)c(OC(F)(F)F)c2)C(F)(F)F)cc1C(F)(F)F)C(=O)NCC(F)(F)F. The second-order valence-electron chi connectivity index (χ2n) is 8.89. The zero-order valence-electron chi connectivity index (χ0n) is 21.1. The van der Waals surface area contributed by atoms with Crippen LogP contribution in [0, 0.1) is 5.92 Å². The van der Waals surface area contributed by atoms with Gasteiger partial charge in [0.2, 0.25) is 5.91 Å². The average Bonchev–Trinajstić information content (AvgIpc) is 2.84. The van der Waals surface area contributed by atoms with Gasteiger partial charge in [0.25, 0.3) is 0 Å². The third-order valence-electron chi connectivity index (χ3n) is 5.51. The van der Waals surface area contributed by atoms with E-state index < -0.39 is 100 Å². The summed E-state index contributed by atoms with van der Waals surface area (Å²) >= 11 is 5.51. The molecule has 1 N–H and O–H groups in total. The first-order chi connectivity index (χ1) is 19.4. The zero-order chi connectivity index (χ0) is 33.1. The van der Waals surface area contributed by atoms with Crippen LogP contribution >= 0.6 is 11.6 Å². The highest BCUT2D eigenvalue weighted by atomic mass is 35.5. The molecule has 2 aromatic rings. The number of allylic oxidation sites excluding steroid dienone is 1. The van der Waals surface area contributed by atoms with E-state index in [-0.39, 0.29) is 18.2 Å². The van der Waals surface area contributed by atoms with Crippen LogP contribution in [0.3, 0.4) is 0 Å². The van der Waals surface area contributed by atoms with E-state index in [9.17, 15) is 66.7 Å². The molecule has 0 aliphatic heterocycles. The fourth-order valence-corrected chi connectivity index (χ4v) is 3.71. The number of carbonyl (C=O) groups excluding carboxylic acids is 2. The van der Waals surface area contributed by atoms with Crippen LogP contribution in [0.2, 0.25) is 5.02 Å². The maximum atomic E-state index is 15.0. The first-order valence-electron chi connectivity index (χ1n) is 11.5. The molecule has 43 heavy (non-hydrogen) atoms. The Morgan fingerprint density at radius 1 is 0.930 bits per heavy atom. The molecule has 2 rings (SSSR count). The maximum absolute atomic E-state index is 15.0. The minimum atomic E-state index is -5.40. The molecule has 0 bridgehead atoms. The smallest absolute Gasteiger partial charge is 0.404 e. The predicted octanol–water partition coefficient (Wildman–Crippen LogP) is 8.80. The quantitative estimate of drug-likeness (QED) is 0.216. The van der Waals surface area contributed by atoms with E-state index >= 15 is 0 Å². The monoisotopic (exact) mass is 661 g/mol. The molecular formula is C25H17ClF13NO3. The number of halogens is 14. The van der Waals surface area contributed by atoms with Gasteiger partial charge in [0.05, 0.1) is 10.6 Å². The Morgan fingerprint density at radius 2 is 1.53 bits per heavy atom. The minimum Gasteiger partial charge on any atom is -0.404 e. The highest BCUT2D eigenvalue weighted by Gasteiger charge is 2.42. The molecule has 0 saturated carbocycles. The molecule has 0 aromatic heterocycles. The highest BCUT2D eigenvalue weighted by molar-refractivity contribution is 6.32. The van der Waals surface area contributed by atoms with E-state index in [0.29, 0.717) is 24.3 Å². The molecule has 0 spiro atoms. The van der Waals surface area contributed by atoms with Crippen LogP contribution < -0.4 is 10.1 Å². The molecule has 1 unspecified atom stereocenters. The van der Waals surface area contributed by atoms with Crippen LogP contribution in [0.4, 0.5) is 57.1 Å². The second-order valence-corrected chi connectivity index (χ2v) is 9.30. The number of ketones is 1. The van der Waals surface area contributed by atoms with Gasteiger partial charge in [-0.2, -0.15) is 39.5 Å². The lowest BCUT2D eigenvalue weighted by Crippen LogP contribution is -2.37. The summed E-state index contributed by atoms with van der Waals surface area (Å²) < 4.78 is 176. The van der Waals surface area contributed by atoms with Crippen LogP contribution in [-0.2, 0) is 11.0 Å². The average molecular weight is 662 g/mol. The molecule has 0 aliphatic rings. The summed E-state index contributed by atoms with van der Waals surface area (Å²) in [5, 5.41) is 0.695. The standard InChI is InChI=1S/C25H17ClF13NO3/c1-11(21(42)40-10-22(28,29)30)6-19(41)14-4-2-13(7-16(14)24(34,35)36)18(27)9-15(23(31,32)33)12-3-5-17(26)20(8-12)43-25(37,38)39/h2-5,7-9,11,15H,6,10H2,1H3,(H,40,42)/b18-9-/t11-,15?/m0/s1. The first kappa shape index (κ1) is 35.7. The van der Waals surface area contributed by atoms with Crippen molar-refractivity contribution in [2.24, 2.45) is 5.92 Å². The third kappa shape index (κ3) is 10.6. The molecule has 2 atom stereocenters. The van der Waals surface area contributed by atoms with Crippen molar-refractivity contribution in [2.75, 3.05) is 6.54 Å². The van der Waals surface area contributed by atoms with Crippen molar-refractivity contribution in [1.29, 1.82) is 0 Å². The summed E-state index contributed by atoms with van der Waals surface area (Å²) in [5.41, 5.74) is -5.13. The Morgan fingerprint density at radius 3 is 2.05 bits per heavy atom. The molecule has 4 nitrogen and oxygen atoms in total. The lowest BCUT2D eigenvalue weighted by atomic mass is 9.92. The molecule has 0 radical (unpaired) electrons. The number of alkyl halides is 12. The van der Waals surface area contributed by atoms with E-state index in [1.165, 1.54) is 5.32 Å². The fourth-order valence-electron chi connectivity index (χ4n) is 3.55. The Labute approximate surface area is 238 Å². The summed E-state index contributed by atoms with van der Waals surface area (Å²) in [6, 6.07) is 2.27. The fraction of sp³-hybridized carbons (Fsp3) is 0.360. The predicted molar refractivity (Wildman–Crippen MR) is 125 cm³/mol. The van der Waals surface area contributed by atoms with E-state index in [0.717, 1.165) is 6.92 Å². The van der Waals surface area contributed by atoms with Crippen molar-refractivity contribution in [1.82, 2.24) is 5.32 Å².